The molecule has 2 aromatic heterocycles. The summed E-state index contributed by atoms with van der Waals surface area (Å²) in [6.07, 6.45) is 4.15. The molecule has 3 aromatic rings. The summed E-state index contributed by atoms with van der Waals surface area (Å²) < 4.78 is 25.4. The zero-order chi connectivity index (χ0) is 20.4. The van der Waals surface area contributed by atoms with Gasteiger partial charge in [-0.15, -0.1) is 0 Å². The number of nitriles is 1. The third kappa shape index (κ3) is 3.95. The second-order valence-electron chi connectivity index (χ2n) is 6.64. The maximum atomic E-state index is 14.1. The Morgan fingerprint density at radius 3 is 2.66 bits per heavy atom. The molecule has 0 aliphatic heterocycles. The lowest BCUT2D eigenvalue weighted by molar-refractivity contribution is 0.101. The Balaban J connectivity index is 1.62. The third-order valence-electron chi connectivity index (χ3n) is 4.55. The number of nitrogens with one attached hydrogen (secondary N) is 2. The summed E-state index contributed by atoms with van der Waals surface area (Å²) in [5, 5.41) is 18.9. The Hall–Kier alpha value is -3.71. The molecule has 4 rings (SSSR count). The topological polar surface area (TPSA) is 135 Å². The Labute approximate surface area is 165 Å². The molecule has 4 N–H and O–H groups in total. The van der Waals surface area contributed by atoms with E-state index in [-0.39, 0.29) is 17.8 Å². The van der Waals surface area contributed by atoms with Crippen molar-refractivity contribution >= 4 is 11.6 Å². The van der Waals surface area contributed by atoms with Crippen LogP contribution in [0.5, 0.6) is 11.5 Å². The fourth-order valence-electron chi connectivity index (χ4n) is 3.05. The lowest BCUT2D eigenvalue weighted by Crippen LogP contribution is -2.43. The Morgan fingerprint density at radius 2 is 2.00 bits per heavy atom. The van der Waals surface area contributed by atoms with Crippen LogP contribution in [0.4, 0.5) is 16.0 Å². The molecule has 0 radical (unpaired) electrons. The molecule has 0 atom stereocenters. The lowest BCUT2D eigenvalue weighted by Gasteiger charge is -2.33. The minimum Gasteiger partial charge on any atom is -0.496 e. The molecule has 0 bridgehead atoms. The van der Waals surface area contributed by atoms with E-state index in [2.05, 4.69) is 25.5 Å². The molecule has 1 saturated carbocycles. The number of nitrogens with zero attached hydrogens (tertiary/aromatic N) is 4. The van der Waals surface area contributed by atoms with Gasteiger partial charge >= 0.3 is 0 Å². The van der Waals surface area contributed by atoms with Crippen LogP contribution in [-0.4, -0.2) is 39.4 Å². The summed E-state index contributed by atoms with van der Waals surface area (Å²) in [7, 11) is 1.46. The quantitative estimate of drug-likeness (QED) is 0.579. The fraction of sp³-hybridized carbons (Fsp3) is 0.263. The number of anilines is 2. The molecule has 0 spiro atoms. The van der Waals surface area contributed by atoms with Crippen molar-refractivity contribution in [3.63, 3.8) is 0 Å². The maximum absolute atomic E-state index is 14.1. The van der Waals surface area contributed by atoms with Crippen LogP contribution in [0.2, 0.25) is 0 Å². The number of halogens is 1. The van der Waals surface area contributed by atoms with Gasteiger partial charge in [-0.2, -0.15) is 10.4 Å². The van der Waals surface area contributed by atoms with Gasteiger partial charge in [0.25, 0.3) is 0 Å². The predicted octanol–water partition coefficient (Wildman–Crippen LogP) is 2.50. The highest BCUT2D eigenvalue weighted by Crippen LogP contribution is 2.41. The van der Waals surface area contributed by atoms with E-state index in [1.165, 1.54) is 31.6 Å². The van der Waals surface area contributed by atoms with E-state index < -0.39 is 5.82 Å². The van der Waals surface area contributed by atoms with E-state index in [0.717, 1.165) is 0 Å². The second kappa shape index (κ2) is 7.73. The fourth-order valence-corrected chi connectivity index (χ4v) is 3.05. The van der Waals surface area contributed by atoms with Gasteiger partial charge in [0.2, 0.25) is 0 Å². The molecule has 2 heterocycles. The Kier molecular flexibility index (Phi) is 4.97. The molecule has 29 heavy (non-hydrogen) atoms. The van der Waals surface area contributed by atoms with E-state index in [0.29, 0.717) is 47.2 Å². The van der Waals surface area contributed by atoms with Gasteiger partial charge in [-0.25, -0.2) is 14.4 Å². The SMILES string of the molecule is COc1cc(F)cc(OC2CC(N)C2)c1-c1cc(Nc2cnc(C#N)cn2)n[nH]1. The number of hydrogen-bond acceptors (Lipinski definition) is 8. The van der Waals surface area contributed by atoms with Crippen molar-refractivity contribution in [2.75, 3.05) is 12.4 Å². The summed E-state index contributed by atoms with van der Waals surface area (Å²) in [5.41, 5.74) is 7.17. The van der Waals surface area contributed by atoms with Crippen LogP contribution in [0.15, 0.2) is 30.6 Å². The number of hydrogen-bond donors (Lipinski definition) is 3. The molecule has 148 valence electrons. The number of ether oxygens (including phenoxy) is 2. The zero-order valence-corrected chi connectivity index (χ0v) is 15.5. The highest BCUT2D eigenvalue weighted by molar-refractivity contribution is 5.76. The van der Waals surface area contributed by atoms with Crippen molar-refractivity contribution in [2.45, 2.75) is 25.0 Å². The van der Waals surface area contributed by atoms with Gasteiger partial charge < -0.3 is 20.5 Å². The first-order chi connectivity index (χ1) is 14.1. The zero-order valence-electron chi connectivity index (χ0n) is 15.5. The van der Waals surface area contributed by atoms with Gasteiger partial charge in [0.1, 0.15) is 35.3 Å². The summed E-state index contributed by atoms with van der Waals surface area (Å²) in [6.45, 7) is 0. The Bertz CT molecular complexity index is 1060. The minimum absolute atomic E-state index is 0.0651. The smallest absolute Gasteiger partial charge is 0.158 e. The van der Waals surface area contributed by atoms with Crippen molar-refractivity contribution in [3.8, 4) is 28.8 Å². The number of nitrogens with two attached hydrogens (primary N) is 1. The van der Waals surface area contributed by atoms with E-state index in [4.69, 9.17) is 20.5 Å². The van der Waals surface area contributed by atoms with E-state index in [1.54, 1.807) is 6.07 Å². The van der Waals surface area contributed by atoms with Crippen LogP contribution in [0.25, 0.3) is 11.3 Å². The average molecular weight is 395 g/mol. The number of aromatic nitrogens is 4. The van der Waals surface area contributed by atoms with Crippen molar-refractivity contribution in [1.29, 1.82) is 5.26 Å². The molecule has 10 heteroatoms. The number of methoxy groups -OCH3 is 1. The van der Waals surface area contributed by atoms with Gasteiger partial charge in [-0.3, -0.25) is 5.10 Å². The second-order valence-corrected chi connectivity index (χ2v) is 6.64. The van der Waals surface area contributed by atoms with Gasteiger partial charge in [-0.1, -0.05) is 0 Å². The van der Waals surface area contributed by atoms with Crippen molar-refractivity contribution in [1.82, 2.24) is 20.2 Å². The molecule has 1 aromatic carbocycles. The predicted molar refractivity (Wildman–Crippen MR) is 102 cm³/mol. The van der Waals surface area contributed by atoms with Crippen molar-refractivity contribution in [3.05, 3.63) is 42.1 Å². The minimum atomic E-state index is -0.463. The summed E-state index contributed by atoms with van der Waals surface area (Å²) in [6, 6.07) is 6.34. The lowest BCUT2D eigenvalue weighted by atomic mass is 9.90. The van der Waals surface area contributed by atoms with Gasteiger partial charge in [0.05, 0.1) is 30.8 Å². The molecular weight excluding hydrogens is 377 g/mol. The number of H-pyrrole nitrogens is 1. The average Bonchev–Trinajstić information content (AvgIpc) is 3.14. The van der Waals surface area contributed by atoms with Crippen LogP contribution in [0.1, 0.15) is 18.5 Å². The molecule has 0 unspecified atom stereocenters. The summed E-state index contributed by atoms with van der Waals surface area (Å²) in [5.74, 6) is 1.09. The standard InChI is InChI=1S/C19H18FN7O2/c1-28-15-2-10(20)3-16(29-13-4-11(22)5-13)19(15)14-6-17(27-26-14)25-18-9-23-12(7-21)8-24-18/h2-3,6,8-9,11,13H,4-5,22H2,1H3,(H2,24,25,26,27). The molecule has 9 nitrogen and oxygen atoms in total. The largest absolute Gasteiger partial charge is 0.496 e. The normalized spacial score (nSPS) is 17.9. The first kappa shape index (κ1) is 18.6. The molecular formula is C19H18FN7O2. The number of aromatic amines is 1. The number of rotatable bonds is 6. The van der Waals surface area contributed by atoms with E-state index >= 15 is 0 Å². The molecule has 1 aliphatic rings. The van der Waals surface area contributed by atoms with Crippen molar-refractivity contribution in [2.24, 2.45) is 5.73 Å². The van der Waals surface area contributed by atoms with Gasteiger partial charge in [0, 0.05) is 24.2 Å². The van der Waals surface area contributed by atoms with Crippen LogP contribution < -0.4 is 20.5 Å². The van der Waals surface area contributed by atoms with Crippen LogP contribution in [0.3, 0.4) is 0 Å². The van der Waals surface area contributed by atoms with Crippen LogP contribution in [0, 0.1) is 17.1 Å². The number of benzene rings is 1. The Morgan fingerprint density at radius 1 is 1.21 bits per heavy atom. The molecule has 1 aliphatic carbocycles. The monoisotopic (exact) mass is 395 g/mol. The summed E-state index contributed by atoms with van der Waals surface area (Å²) in [4.78, 5) is 8.04. The maximum Gasteiger partial charge on any atom is 0.158 e. The van der Waals surface area contributed by atoms with Crippen molar-refractivity contribution < 1.29 is 13.9 Å². The first-order valence-corrected chi connectivity index (χ1v) is 8.90. The first-order valence-electron chi connectivity index (χ1n) is 8.90. The summed E-state index contributed by atoms with van der Waals surface area (Å²) >= 11 is 0. The van der Waals surface area contributed by atoms with Gasteiger partial charge in [-0.05, 0) is 12.8 Å². The van der Waals surface area contributed by atoms with Gasteiger partial charge in [0.15, 0.2) is 11.5 Å². The van der Waals surface area contributed by atoms with Crippen LogP contribution in [-0.2, 0) is 0 Å². The molecule has 1 fully saturated rings. The highest BCUT2D eigenvalue weighted by atomic mass is 19.1. The van der Waals surface area contributed by atoms with Crippen LogP contribution >= 0.6 is 0 Å². The third-order valence-corrected chi connectivity index (χ3v) is 4.55. The highest BCUT2D eigenvalue weighted by Gasteiger charge is 2.29. The molecule has 0 saturated heterocycles. The molecule has 0 amide bonds. The van der Waals surface area contributed by atoms with E-state index in [1.807, 2.05) is 6.07 Å². The van der Waals surface area contributed by atoms with E-state index in [9.17, 15) is 4.39 Å².